The molecule has 0 radical (unpaired) electrons. The van der Waals surface area contributed by atoms with Gasteiger partial charge in [-0.3, -0.25) is 4.79 Å². The first-order valence-electron chi connectivity index (χ1n) is 8.96. The van der Waals surface area contributed by atoms with Gasteiger partial charge in [-0.15, -0.1) is 0 Å². The molecule has 0 aliphatic heterocycles. The van der Waals surface area contributed by atoms with Crippen molar-refractivity contribution in [2.45, 2.75) is 26.3 Å². The molecule has 27 heavy (non-hydrogen) atoms. The van der Waals surface area contributed by atoms with Crippen molar-refractivity contribution in [3.63, 3.8) is 0 Å². The van der Waals surface area contributed by atoms with E-state index in [-0.39, 0.29) is 12.4 Å². The van der Waals surface area contributed by atoms with Gasteiger partial charge in [-0.2, -0.15) is 0 Å². The number of carbonyl (C=O) groups excluding carboxylic acids is 2. The minimum Gasteiger partial charge on any atom is -0.461 e. The van der Waals surface area contributed by atoms with Crippen molar-refractivity contribution < 1.29 is 14.3 Å². The lowest BCUT2D eigenvalue weighted by Gasteiger charge is -2.19. The van der Waals surface area contributed by atoms with Crippen molar-refractivity contribution in [1.29, 1.82) is 0 Å². The number of Topliss-reactive ketones (excluding diaryl/α,β-unsaturated/α-hetero) is 1. The smallest absolute Gasteiger partial charge is 0.354 e. The van der Waals surface area contributed by atoms with Gasteiger partial charge in [0.1, 0.15) is 5.69 Å². The lowest BCUT2D eigenvalue weighted by molar-refractivity contribution is 0.0514. The van der Waals surface area contributed by atoms with Crippen LogP contribution < -0.4 is 0 Å². The molecule has 1 aliphatic carbocycles. The molecule has 0 saturated carbocycles. The van der Waals surface area contributed by atoms with E-state index in [9.17, 15) is 9.59 Å². The second-order valence-corrected chi connectivity index (χ2v) is 7.22. The molecule has 0 spiro atoms. The zero-order chi connectivity index (χ0) is 19.6. The van der Waals surface area contributed by atoms with Gasteiger partial charge in [0.25, 0.3) is 0 Å². The van der Waals surface area contributed by atoms with Crippen LogP contribution in [0.4, 0.5) is 0 Å². The van der Waals surface area contributed by atoms with Gasteiger partial charge in [0.05, 0.1) is 12.3 Å². The number of hydrogen-bond acceptors (Lipinski definition) is 4. The Labute approximate surface area is 164 Å². The fourth-order valence-electron chi connectivity index (χ4n) is 3.34. The summed E-state index contributed by atoms with van der Waals surface area (Å²) in [5.74, 6) is -0.443. The summed E-state index contributed by atoms with van der Waals surface area (Å²) in [4.78, 5) is 27.5. The highest BCUT2D eigenvalue weighted by molar-refractivity contribution is 6.30. The molecule has 6 heteroatoms. The Morgan fingerprint density at radius 3 is 2.59 bits per heavy atom. The van der Waals surface area contributed by atoms with E-state index >= 15 is 0 Å². The molecule has 2 aromatic rings. The molecule has 1 heterocycles. The van der Waals surface area contributed by atoms with Crippen molar-refractivity contribution in [2.75, 3.05) is 20.7 Å². The molecule has 0 atom stereocenters. The van der Waals surface area contributed by atoms with Gasteiger partial charge in [0.15, 0.2) is 0 Å². The number of carbonyl (C=O) groups is 2. The minimum atomic E-state index is -0.410. The number of ether oxygens (including phenoxy) is 1. The van der Waals surface area contributed by atoms with Crippen LogP contribution in [-0.4, -0.2) is 41.9 Å². The zero-order valence-corrected chi connectivity index (χ0v) is 16.5. The van der Waals surface area contributed by atoms with Crippen LogP contribution >= 0.6 is 11.6 Å². The van der Waals surface area contributed by atoms with Crippen LogP contribution in [0.3, 0.4) is 0 Å². The maximum absolute atomic E-state index is 13.1. The van der Waals surface area contributed by atoms with Gasteiger partial charge >= 0.3 is 5.97 Å². The summed E-state index contributed by atoms with van der Waals surface area (Å²) in [5, 5.41) is 0.645. The standard InChI is InChI=1S/C21H23ClN2O3/c1-4-27-21(26)18-11-15-7-8-16(13-23(2)3)20(25)19(15)24(18)12-14-5-9-17(22)10-6-14/h5-6,9-11,13H,4,7-8,12H2,1-3H3/b16-13+. The second kappa shape index (κ2) is 8.01. The number of rotatable bonds is 5. The number of fused-ring (bicyclic) bond motifs is 1. The SMILES string of the molecule is CCOC(=O)c1cc2c(n1Cc1ccc(Cl)cc1)C(=O)/C(=C/N(C)C)CC2. The predicted molar refractivity (Wildman–Crippen MR) is 105 cm³/mol. The summed E-state index contributed by atoms with van der Waals surface area (Å²) in [7, 11) is 3.79. The largest absolute Gasteiger partial charge is 0.461 e. The number of aryl methyl sites for hydroxylation is 1. The van der Waals surface area contributed by atoms with E-state index in [1.165, 1.54) is 0 Å². The quantitative estimate of drug-likeness (QED) is 0.577. The van der Waals surface area contributed by atoms with E-state index in [1.807, 2.05) is 37.3 Å². The second-order valence-electron chi connectivity index (χ2n) is 6.78. The topological polar surface area (TPSA) is 51.5 Å². The van der Waals surface area contributed by atoms with Crippen LogP contribution in [0.5, 0.6) is 0 Å². The van der Waals surface area contributed by atoms with Gasteiger partial charge in [0, 0.05) is 37.4 Å². The Balaban J connectivity index is 2.08. The first-order valence-corrected chi connectivity index (χ1v) is 9.34. The van der Waals surface area contributed by atoms with Crippen molar-refractivity contribution in [3.05, 3.63) is 69.6 Å². The van der Waals surface area contributed by atoms with E-state index < -0.39 is 5.97 Å². The predicted octanol–water partition coefficient (Wildman–Crippen LogP) is 3.94. The van der Waals surface area contributed by atoms with Crippen LogP contribution in [0, 0.1) is 0 Å². The lowest BCUT2D eigenvalue weighted by Crippen LogP contribution is -2.22. The number of aromatic nitrogens is 1. The molecule has 0 fully saturated rings. The maximum atomic E-state index is 13.1. The highest BCUT2D eigenvalue weighted by Crippen LogP contribution is 2.30. The van der Waals surface area contributed by atoms with Crippen LogP contribution in [0.15, 0.2) is 42.1 Å². The van der Waals surface area contributed by atoms with Crippen molar-refractivity contribution in [3.8, 4) is 0 Å². The van der Waals surface area contributed by atoms with Crippen LogP contribution in [-0.2, 0) is 17.7 Å². The molecular weight excluding hydrogens is 364 g/mol. The molecule has 0 bridgehead atoms. The minimum absolute atomic E-state index is 0.0329. The molecule has 0 amide bonds. The Hall–Kier alpha value is -2.53. The van der Waals surface area contributed by atoms with E-state index in [0.717, 1.165) is 23.1 Å². The van der Waals surface area contributed by atoms with Crippen LogP contribution in [0.25, 0.3) is 0 Å². The van der Waals surface area contributed by atoms with Crippen LogP contribution in [0.1, 0.15) is 45.4 Å². The summed E-state index contributed by atoms with van der Waals surface area (Å²) in [5.41, 5.74) is 3.59. The Morgan fingerprint density at radius 1 is 1.26 bits per heavy atom. The molecule has 0 saturated heterocycles. The molecule has 1 aromatic carbocycles. The zero-order valence-electron chi connectivity index (χ0n) is 15.8. The Bertz CT molecular complexity index is 895. The van der Waals surface area contributed by atoms with Crippen LogP contribution in [0.2, 0.25) is 5.02 Å². The van der Waals surface area contributed by atoms with E-state index in [0.29, 0.717) is 29.4 Å². The van der Waals surface area contributed by atoms with Gasteiger partial charge in [-0.1, -0.05) is 23.7 Å². The van der Waals surface area contributed by atoms with E-state index in [2.05, 4.69) is 0 Å². The summed E-state index contributed by atoms with van der Waals surface area (Å²) >= 11 is 5.98. The number of hydrogen-bond donors (Lipinski definition) is 0. The highest BCUT2D eigenvalue weighted by atomic mass is 35.5. The summed E-state index contributed by atoms with van der Waals surface area (Å²) in [6, 6.07) is 9.20. The molecule has 1 aromatic heterocycles. The number of benzene rings is 1. The third kappa shape index (κ3) is 4.08. The molecular formula is C21H23ClN2O3. The van der Waals surface area contributed by atoms with Gasteiger partial charge < -0.3 is 14.2 Å². The van der Waals surface area contributed by atoms with Gasteiger partial charge in [0.2, 0.25) is 5.78 Å². The molecule has 5 nitrogen and oxygen atoms in total. The first-order chi connectivity index (χ1) is 12.9. The molecule has 0 N–H and O–H groups in total. The average molecular weight is 387 g/mol. The van der Waals surface area contributed by atoms with E-state index in [4.69, 9.17) is 16.3 Å². The Kier molecular flexibility index (Phi) is 5.71. The van der Waals surface area contributed by atoms with Crippen molar-refractivity contribution in [1.82, 2.24) is 9.47 Å². The first kappa shape index (κ1) is 19.2. The monoisotopic (exact) mass is 386 g/mol. The van der Waals surface area contributed by atoms with Gasteiger partial charge in [-0.25, -0.2) is 4.79 Å². The molecule has 0 unspecified atom stereocenters. The maximum Gasteiger partial charge on any atom is 0.354 e. The highest BCUT2D eigenvalue weighted by Gasteiger charge is 2.30. The Morgan fingerprint density at radius 2 is 1.96 bits per heavy atom. The number of allylic oxidation sites excluding steroid dienone is 1. The number of halogens is 1. The lowest BCUT2D eigenvalue weighted by atomic mass is 9.92. The van der Waals surface area contributed by atoms with Crippen molar-refractivity contribution in [2.24, 2.45) is 0 Å². The summed E-state index contributed by atoms with van der Waals surface area (Å²) in [6.45, 7) is 2.46. The normalized spacial score (nSPS) is 15.0. The molecule has 1 aliphatic rings. The fraction of sp³-hybridized carbons (Fsp3) is 0.333. The van der Waals surface area contributed by atoms with E-state index in [1.54, 1.807) is 29.7 Å². The average Bonchev–Trinajstić information content (AvgIpc) is 2.98. The molecule has 142 valence electrons. The summed E-state index contributed by atoms with van der Waals surface area (Å²) in [6.07, 6.45) is 3.24. The number of ketones is 1. The van der Waals surface area contributed by atoms with Crippen molar-refractivity contribution >= 4 is 23.4 Å². The summed E-state index contributed by atoms with van der Waals surface area (Å²) < 4.78 is 6.99. The van der Waals surface area contributed by atoms with Gasteiger partial charge in [-0.05, 0) is 49.1 Å². The third-order valence-corrected chi connectivity index (χ3v) is 4.75. The fourth-order valence-corrected chi connectivity index (χ4v) is 3.47. The number of nitrogens with zero attached hydrogens (tertiary/aromatic N) is 2. The third-order valence-electron chi connectivity index (χ3n) is 4.50. The number of esters is 1. The molecule has 3 rings (SSSR count).